The minimum Gasteiger partial charge on any atom is -0.310 e. The lowest BCUT2D eigenvalue weighted by molar-refractivity contribution is 0.00546. The topological polar surface area (TPSA) is 12.0 Å². The van der Waals surface area contributed by atoms with E-state index < -0.39 is 0 Å². The van der Waals surface area contributed by atoms with Gasteiger partial charge in [0.05, 0.1) is 0 Å². The molecule has 18 heavy (non-hydrogen) atoms. The third kappa shape index (κ3) is 2.24. The quantitative estimate of drug-likeness (QED) is 0.759. The van der Waals surface area contributed by atoms with Gasteiger partial charge in [-0.05, 0) is 49.4 Å². The highest BCUT2D eigenvalue weighted by molar-refractivity contribution is 5.03. The Hall–Kier alpha value is -0.0400. The molecule has 4 atom stereocenters. The summed E-state index contributed by atoms with van der Waals surface area (Å²) in [4.78, 5) is 0. The van der Waals surface area contributed by atoms with E-state index in [4.69, 9.17) is 0 Å². The molecule has 3 aliphatic rings. The van der Waals surface area contributed by atoms with E-state index in [-0.39, 0.29) is 0 Å². The molecule has 0 radical (unpaired) electrons. The molecule has 1 heteroatoms. The highest BCUT2D eigenvalue weighted by Crippen LogP contribution is 2.52. The van der Waals surface area contributed by atoms with E-state index in [0.29, 0.717) is 0 Å². The van der Waals surface area contributed by atoms with Gasteiger partial charge in [0.2, 0.25) is 0 Å². The highest BCUT2D eigenvalue weighted by atomic mass is 15.0. The van der Waals surface area contributed by atoms with Gasteiger partial charge < -0.3 is 5.32 Å². The van der Waals surface area contributed by atoms with Gasteiger partial charge in [0.1, 0.15) is 0 Å². The average molecular weight is 249 g/mol. The highest BCUT2D eigenvalue weighted by Gasteiger charge is 2.47. The second-order valence-electron chi connectivity index (χ2n) is 7.55. The van der Waals surface area contributed by atoms with E-state index >= 15 is 0 Å². The van der Waals surface area contributed by atoms with Crippen LogP contribution in [0.15, 0.2) is 0 Å². The maximum absolute atomic E-state index is 4.10. The Morgan fingerprint density at radius 1 is 0.833 bits per heavy atom. The molecule has 4 unspecified atom stereocenters. The van der Waals surface area contributed by atoms with Crippen LogP contribution in [0.25, 0.3) is 0 Å². The SMILES string of the molecule is CC1CCCC(NC2CCC23CCCCC3)C1C. The minimum atomic E-state index is 0.735. The summed E-state index contributed by atoms with van der Waals surface area (Å²) in [5.41, 5.74) is 0.735. The molecule has 1 spiro atoms. The first-order valence-electron chi connectivity index (χ1n) is 8.47. The van der Waals surface area contributed by atoms with Crippen molar-refractivity contribution in [3.63, 3.8) is 0 Å². The molecule has 3 aliphatic carbocycles. The van der Waals surface area contributed by atoms with Crippen LogP contribution in [0.4, 0.5) is 0 Å². The number of hydrogen-bond donors (Lipinski definition) is 1. The van der Waals surface area contributed by atoms with Crippen molar-refractivity contribution in [3.8, 4) is 0 Å². The third-order valence-corrected chi connectivity index (χ3v) is 6.64. The van der Waals surface area contributed by atoms with Crippen molar-refractivity contribution in [2.75, 3.05) is 0 Å². The van der Waals surface area contributed by atoms with Crippen molar-refractivity contribution in [3.05, 3.63) is 0 Å². The fraction of sp³-hybridized carbons (Fsp3) is 1.00. The van der Waals surface area contributed by atoms with E-state index in [2.05, 4.69) is 19.2 Å². The molecule has 0 bridgehead atoms. The van der Waals surface area contributed by atoms with Crippen molar-refractivity contribution in [2.24, 2.45) is 17.3 Å². The second-order valence-corrected chi connectivity index (χ2v) is 7.55. The van der Waals surface area contributed by atoms with Gasteiger partial charge in [-0.25, -0.2) is 0 Å². The molecule has 1 nitrogen and oxygen atoms in total. The van der Waals surface area contributed by atoms with Gasteiger partial charge in [0, 0.05) is 12.1 Å². The molecule has 0 amide bonds. The van der Waals surface area contributed by atoms with Crippen molar-refractivity contribution in [2.45, 2.75) is 90.1 Å². The smallest absolute Gasteiger partial charge is 0.0126 e. The van der Waals surface area contributed by atoms with Gasteiger partial charge in [-0.1, -0.05) is 46.0 Å². The van der Waals surface area contributed by atoms with Crippen LogP contribution in [0, 0.1) is 17.3 Å². The zero-order valence-electron chi connectivity index (χ0n) is 12.4. The van der Waals surface area contributed by atoms with Gasteiger partial charge in [-0.3, -0.25) is 0 Å². The molecule has 3 rings (SSSR count). The lowest BCUT2D eigenvalue weighted by atomic mass is 9.57. The first-order valence-corrected chi connectivity index (χ1v) is 8.47. The third-order valence-electron chi connectivity index (χ3n) is 6.64. The summed E-state index contributed by atoms with van der Waals surface area (Å²) in [5.74, 6) is 1.82. The van der Waals surface area contributed by atoms with Crippen molar-refractivity contribution >= 4 is 0 Å². The first-order chi connectivity index (χ1) is 8.71. The summed E-state index contributed by atoms with van der Waals surface area (Å²) in [6.07, 6.45) is 14.8. The standard InChI is InChI=1S/C17H31N/c1-13-7-6-8-15(14(13)2)18-16-9-12-17(16)10-4-3-5-11-17/h13-16,18H,3-12H2,1-2H3. The van der Waals surface area contributed by atoms with Crippen LogP contribution in [-0.2, 0) is 0 Å². The Kier molecular flexibility index (Phi) is 3.71. The van der Waals surface area contributed by atoms with E-state index in [1.807, 2.05) is 0 Å². The second kappa shape index (κ2) is 5.15. The molecule has 0 heterocycles. The zero-order valence-corrected chi connectivity index (χ0v) is 12.4. The van der Waals surface area contributed by atoms with Crippen LogP contribution in [0.2, 0.25) is 0 Å². The van der Waals surface area contributed by atoms with Crippen LogP contribution in [0.5, 0.6) is 0 Å². The molecule has 0 aromatic carbocycles. The van der Waals surface area contributed by atoms with Gasteiger partial charge >= 0.3 is 0 Å². The summed E-state index contributed by atoms with van der Waals surface area (Å²) >= 11 is 0. The normalized spacial score (nSPS) is 43.7. The Bertz CT molecular complexity index is 279. The van der Waals surface area contributed by atoms with Crippen LogP contribution in [0.1, 0.15) is 78.1 Å². The van der Waals surface area contributed by atoms with Crippen molar-refractivity contribution < 1.29 is 0 Å². The summed E-state index contributed by atoms with van der Waals surface area (Å²) in [5, 5.41) is 4.10. The molecule has 3 fully saturated rings. The first kappa shape index (κ1) is 13.0. The molecule has 0 aromatic heterocycles. The molecule has 0 saturated heterocycles. The largest absolute Gasteiger partial charge is 0.310 e. The summed E-state index contributed by atoms with van der Waals surface area (Å²) in [7, 11) is 0. The van der Waals surface area contributed by atoms with Crippen molar-refractivity contribution in [1.82, 2.24) is 5.32 Å². The Labute approximate surface area is 113 Å². The summed E-state index contributed by atoms with van der Waals surface area (Å²) in [6, 6.07) is 1.69. The van der Waals surface area contributed by atoms with E-state index in [0.717, 1.165) is 29.3 Å². The molecule has 3 saturated carbocycles. The van der Waals surface area contributed by atoms with Gasteiger partial charge in [-0.15, -0.1) is 0 Å². The lowest BCUT2D eigenvalue weighted by Gasteiger charge is -2.54. The zero-order chi connectivity index (χ0) is 12.6. The van der Waals surface area contributed by atoms with E-state index in [1.165, 1.54) is 64.2 Å². The van der Waals surface area contributed by atoms with Crippen LogP contribution in [-0.4, -0.2) is 12.1 Å². The van der Waals surface area contributed by atoms with Gasteiger partial charge in [0.15, 0.2) is 0 Å². The van der Waals surface area contributed by atoms with Crippen LogP contribution < -0.4 is 5.32 Å². The fourth-order valence-corrected chi connectivity index (χ4v) is 4.89. The number of rotatable bonds is 2. The number of hydrogen-bond acceptors (Lipinski definition) is 1. The molecule has 0 aromatic rings. The van der Waals surface area contributed by atoms with Crippen LogP contribution in [0.3, 0.4) is 0 Å². The van der Waals surface area contributed by atoms with Crippen LogP contribution >= 0.6 is 0 Å². The lowest BCUT2D eigenvalue weighted by Crippen LogP contribution is -2.58. The van der Waals surface area contributed by atoms with E-state index in [9.17, 15) is 0 Å². The molecular formula is C17H31N. The summed E-state index contributed by atoms with van der Waals surface area (Å²) < 4.78 is 0. The number of nitrogens with one attached hydrogen (secondary N) is 1. The predicted octanol–water partition coefficient (Wildman–Crippen LogP) is 4.51. The van der Waals surface area contributed by atoms with Gasteiger partial charge in [0.25, 0.3) is 0 Å². The summed E-state index contributed by atoms with van der Waals surface area (Å²) in [6.45, 7) is 4.93. The average Bonchev–Trinajstić information content (AvgIpc) is 2.40. The molecule has 1 N–H and O–H groups in total. The Balaban J connectivity index is 1.59. The maximum atomic E-state index is 4.10. The monoisotopic (exact) mass is 249 g/mol. The predicted molar refractivity (Wildman–Crippen MR) is 77.6 cm³/mol. The minimum absolute atomic E-state index is 0.735. The van der Waals surface area contributed by atoms with Gasteiger partial charge in [-0.2, -0.15) is 0 Å². The molecular weight excluding hydrogens is 218 g/mol. The molecule has 0 aliphatic heterocycles. The van der Waals surface area contributed by atoms with E-state index in [1.54, 1.807) is 0 Å². The Morgan fingerprint density at radius 2 is 1.61 bits per heavy atom. The Morgan fingerprint density at radius 3 is 2.28 bits per heavy atom. The van der Waals surface area contributed by atoms with Crippen molar-refractivity contribution in [1.29, 1.82) is 0 Å². The fourth-order valence-electron chi connectivity index (χ4n) is 4.89. The molecule has 104 valence electrons. The maximum Gasteiger partial charge on any atom is 0.0126 e.